The zero-order valence-corrected chi connectivity index (χ0v) is 11.0. The lowest BCUT2D eigenvalue weighted by Crippen LogP contribution is -2.34. The number of rotatable bonds is 3. The van der Waals surface area contributed by atoms with Crippen LogP contribution in [-0.4, -0.2) is 23.2 Å². The Bertz CT molecular complexity index is 489. The van der Waals surface area contributed by atoms with Gasteiger partial charge in [0.25, 0.3) is 5.69 Å². The minimum atomic E-state index is -0.557. The second-order valence-corrected chi connectivity index (χ2v) is 4.88. The molecule has 108 valence electrons. The zero-order chi connectivity index (χ0) is 14.5. The van der Waals surface area contributed by atoms with Crippen molar-refractivity contribution in [1.82, 2.24) is 0 Å². The summed E-state index contributed by atoms with van der Waals surface area (Å²) in [6, 6.07) is 5.66. The van der Waals surface area contributed by atoms with E-state index in [1.807, 2.05) is 0 Å². The molecule has 0 spiro atoms. The average Bonchev–Trinajstić information content (AvgIpc) is 2.39. The quantitative estimate of drug-likeness (QED) is 0.652. The molecule has 7 heteroatoms. The van der Waals surface area contributed by atoms with Crippen LogP contribution in [0.3, 0.4) is 0 Å². The van der Waals surface area contributed by atoms with Gasteiger partial charge in [0.2, 0.25) is 0 Å². The molecule has 1 saturated carbocycles. The number of nitro groups is 1. The molecule has 0 bridgehead atoms. The fourth-order valence-corrected chi connectivity index (χ4v) is 2.25. The lowest BCUT2D eigenvalue weighted by Gasteiger charge is -2.26. The SMILES string of the molecule is NC1CCCC(OC(=O)Nc2ccc([N+](=O)[O-])cc2)C1. The first-order valence-electron chi connectivity index (χ1n) is 6.52. The summed E-state index contributed by atoms with van der Waals surface area (Å²) in [5.41, 5.74) is 6.26. The molecule has 1 amide bonds. The van der Waals surface area contributed by atoms with E-state index in [-0.39, 0.29) is 17.8 Å². The predicted molar refractivity (Wildman–Crippen MR) is 73.4 cm³/mol. The van der Waals surface area contributed by atoms with Crippen LogP contribution >= 0.6 is 0 Å². The largest absolute Gasteiger partial charge is 0.446 e. The fraction of sp³-hybridized carbons (Fsp3) is 0.462. The third-order valence-corrected chi connectivity index (χ3v) is 3.26. The van der Waals surface area contributed by atoms with Crippen LogP contribution in [0.1, 0.15) is 25.7 Å². The van der Waals surface area contributed by atoms with E-state index in [4.69, 9.17) is 10.5 Å². The van der Waals surface area contributed by atoms with Crippen molar-refractivity contribution >= 4 is 17.5 Å². The monoisotopic (exact) mass is 279 g/mol. The first kappa shape index (κ1) is 14.3. The van der Waals surface area contributed by atoms with E-state index in [1.54, 1.807) is 0 Å². The van der Waals surface area contributed by atoms with Crippen molar-refractivity contribution < 1.29 is 14.5 Å². The minimum absolute atomic E-state index is 0.0258. The van der Waals surface area contributed by atoms with Crippen molar-refractivity contribution in [2.24, 2.45) is 5.73 Å². The summed E-state index contributed by atoms with van der Waals surface area (Å²) in [5, 5.41) is 13.1. The Kier molecular flexibility index (Phi) is 4.52. The molecule has 0 heterocycles. The molecular formula is C13H17N3O4. The number of nitro benzene ring substituents is 1. The van der Waals surface area contributed by atoms with E-state index in [0.29, 0.717) is 12.1 Å². The smallest absolute Gasteiger partial charge is 0.411 e. The molecular weight excluding hydrogens is 262 g/mol. The number of carbonyl (C=O) groups excluding carboxylic acids is 1. The van der Waals surface area contributed by atoms with Gasteiger partial charge in [0, 0.05) is 23.9 Å². The minimum Gasteiger partial charge on any atom is -0.446 e. The summed E-state index contributed by atoms with van der Waals surface area (Å²) >= 11 is 0. The topological polar surface area (TPSA) is 107 Å². The highest BCUT2D eigenvalue weighted by Gasteiger charge is 2.22. The molecule has 20 heavy (non-hydrogen) atoms. The second-order valence-electron chi connectivity index (χ2n) is 4.88. The number of nitrogens with two attached hydrogens (primary N) is 1. The summed E-state index contributed by atoms with van der Waals surface area (Å²) in [6.45, 7) is 0. The molecule has 0 aliphatic heterocycles. The Morgan fingerprint density at radius 1 is 1.35 bits per heavy atom. The molecule has 3 N–H and O–H groups in total. The van der Waals surface area contributed by atoms with Gasteiger partial charge in [0.1, 0.15) is 6.10 Å². The van der Waals surface area contributed by atoms with Crippen LogP contribution in [-0.2, 0) is 4.74 Å². The lowest BCUT2D eigenvalue weighted by molar-refractivity contribution is -0.384. The summed E-state index contributed by atoms with van der Waals surface area (Å²) < 4.78 is 5.28. The molecule has 7 nitrogen and oxygen atoms in total. The van der Waals surface area contributed by atoms with E-state index < -0.39 is 11.0 Å². The number of benzene rings is 1. The van der Waals surface area contributed by atoms with Crippen LogP contribution in [0.4, 0.5) is 16.2 Å². The van der Waals surface area contributed by atoms with Crippen LogP contribution in [0.25, 0.3) is 0 Å². The third-order valence-electron chi connectivity index (χ3n) is 3.26. The maximum absolute atomic E-state index is 11.7. The Hall–Kier alpha value is -2.15. The Labute approximate surface area is 116 Å². The van der Waals surface area contributed by atoms with Crippen LogP contribution in [0.2, 0.25) is 0 Å². The number of amides is 1. The normalized spacial score (nSPS) is 22.1. The second kappa shape index (κ2) is 6.33. The predicted octanol–water partition coefficient (Wildman–Crippen LogP) is 2.41. The number of hydrogen-bond donors (Lipinski definition) is 2. The summed E-state index contributed by atoms with van der Waals surface area (Å²) in [6.07, 6.45) is 2.70. The molecule has 1 fully saturated rings. The van der Waals surface area contributed by atoms with E-state index in [9.17, 15) is 14.9 Å². The molecule has 2 rings (SSSR count). The van der Waals surface area contributed by atoms with Crippen LogP contribution in [0, 0.1) is 10.1 Å². The maximum atomic E-state index is 11.7. The summed E-state index contributed by atoms with van der Waals surface area (Å²) in [4.78, 5) is 21.7. The fourth-order valence-electron chi connectivity index (χ4n) is 2.25. The van der Waals surface area contributed by atoms with Gasteiger partial charge < -0.3 is 10.5 Å². The van der Waals surface area contributed by atoms with Gasteiger partial charge in [-0.1, -0.05) is 0 Å². The van der Waals surface area contributed by atoms with E-state index in [1.165, 1.54) is 24.3 Å². The number of non-ortho nitro benzene ring substituents is 1. The van der Waals surface area contributed by atoms with E-state index >= 15 is 0 Å². The highest BCUT2D eigenvalue weighted by molar-refractivity contribution is 5.84. The Morgan fingerprint density at radius 3 is 2.65 bits per heavy atom. The van der Waals surface area contributed by atoms with E-state index in [2.05, 4.69) is 5.32 Å². The van der Waals surface area contributed by atoms with Gasteiger partial charge in [0.05, 0.1) is 4.92 Å². The van der Waals surface area contributed by atoms with Crippen molar-refractivity contribution in [1.29, 1.82) is 0 Å². The Balaban J connectivity index is 1.86. The van der Waals surface area contributed by atoms with Crippen molar-refractivity contribution in [2.45, 2.75) is 37.8 Å². The van der Waals surface area contributed by atoms with Crippen molar-refractivity contribution in [3.63, 3.8) is 0 Å². The first-order valence-corrected chi connectivity index (χ1v) is 6.52. The molecule has 1 aliphatic rings. The molecule has 1 aliphatic carbocycles. The van der Waals surface area contributed by atoms with Gasteiger partial charge in [-0.25, -0.2) is 4.79 Å². The van der Waals surface area contributed by atoms with Crippen LogP contribution in [0.5, 0.6) is 0 Å². The van der Waals surface area contributed by atoms with Crippen molar-refractivity contribution in [3.8, 4) is 0 Å². The van der Waals surface area contributed by atoms with Gasteiger partial charge >= 0.3 is 6.09 Å². The van der Waals surface area contributed by atoms with Crippen LogP contribution < -0.4 is 11.1 Å². The molecule has 0 aromatic heterocycles. The Morgan fingerprint density at radius 2 is 2.05 bits per heavy atom. The molecule has 0 radical (unpaired) electrons. The van der Waals surface area contributed by atoms with Gasteiger partial charge in [-0.3, -0.25) is 15.4 Å². The average molecular weight is 279 g/mol. The molecule has 1 aromatic carbocycles. The molecule has 1 aromatic rings. The van der Waals surface area contributed by atoms with Crippen molar-refractivity contribution in [2.75, 3.05) is 5.32 Å². The van der Waals surface area contributed by atoms with Gasteiger partial charge in [0.15, 0.2) is 0 Å². The number of anilines is 1. The number of carbonyl (C=O) groups is 1. The lowest BCUT2D eigenvalue weighted by atomic mass is 9.94. The van der Waals surface area contributed by atoms with Crippen molar-refractivity contribution in [3.05, 3.63) is 34.4 Å². The van der Waals surface area contributed by atoms with E-state index in [0.717, 1.165) is 19.3 Å². The molecule has 0 saturated heterocycles. The standard InChI is InChI=1S/C13H17N3O4/c14-9-2-1-3-12(8-9)20-13(17)15-10-4-6-11(7-5-10)16(18)19/h4-7,9,12H,1-3,8,14H2,(H,15,17). The van der Waals surface area contributed by atoms with Gasteiger partial charge in [-0.15, -0.1) is 0 Å². The highest BCUT2D eigenvalue weighted by atomic mass is 16.6. The number of nitrogens with zero attached hydrogens (tertiary/aromatic N) is 1. The molecule has 2 atom stereocenters. The number of ether oxygens (including phenoxy) is 1. The first-order chi connectivity index (χ1) is 9.54. The zero-order valence-electron chi connectivity index (χ0n) is 11.0. The number of hydrogen-bond acceptors (Lipinski definition) is 5. The highest BCUT2D eigenvalue weighted by Crippen LogP contribution is 2.21. The number of nitrogens with one attached hydrogen (secondary N) is 1. The van der Waals surface area contributed by atoms with Gasteiger partial charge in [-0.2, -0.15) is 0 Å². The molecule has 2 unspecified atom stereocenters. The van der Waals surface area contributed by atoms with Crippen LogP contribution in [0.15, 0.2) is 24.3 Å². The van der Waals surface area contributed by atoms with Gasteiger partial charge in [-0.05, 0) is 37.8 Å². The third kappa shape index (κ3) is 3.92. The maximum Gasteiger partial charge on any atom is 0.411 e. The summed E-state index contributed by atoms with van der Waals surface area (Å²) in [5.74, 6) is 0. The summed E-state index contributed by atoms with van der Waals surface area (Å²) in [7, 11) is 0.